The highest BCUT2D eigenvalue weighted by molar-refractivity contribution is 6.30. The van der Waals surface area contributed by atoms with Gasteiger partial charge in [-0.15, -0.1) is 0 Å². The second-order valence-electron chi connectivity index (χ2n) is 4.34. The summed E-state index contributed by atoms with van der Waals surface area (Å²) in [7, 11) is 0. The third-order valence-electron chi connectivity index (χ3n) is 3.00. The Morgan fingerprint density at radius 3 is 2.75 bits per heavy atom. The van der Waals surface area contributed by atoms with Crippen molar-refractivity contribution in [3.05, 3.63) is 34.3 Å². The molecule has 1 atom stereocenters. The summed E-state index contributed by atoms with van der Waals surface area (Å²) < 4.78 is 10.2. The summed E-state index contributed by atoms with van der Waals surface area (Å²) in [4.78, 5) is 11.5. The number of hydrogen-bond acceptors (Lipinski definition) is 4. The van der Waals surface area contributed by atoms with Gasteiger partial charge in [-0.1, -0.05) is 24.6 Å². The molecule has 112 valence electrons. The van der Waals surface area contributed by atoms with Gasteiger partial charge in [0.25, 0.3) is 0 Å². The zero-order valence-corrected chi connectivity index (χ0v) is 12.7. The van der Waals surface area contributed by atoms with Crippen molar-refractivity contribution in [2.24, 2.45) is 0 Å². The summed E-state index contributed by atoms with van der Waals surface area (Å²) in [5.74, 6) is -0.227. The number of aliphatic hydroxyl groups excluding tert-OH is 1. The molecule has 0 radical (unpaired) electrons. The van der Waals surface area contributed by atoms with Gasteiger partial charge in [0.2, 0.25) is 0 Å². The van der Waals surface area contributed by atoms with Crippen LogP contribution in [-0.4, -0.2) is 24.5 Å². The van der Waals surface area contributed by atoms with E-state index in [2.05, 4.69) is 0 Å². The Labute approximate surface area is 124 Å². The summed E-state index contributed by atoms with van der Waals surface area (Å²) in [5, 5.41) is 9.56. The van der Waals surface area contributed by atoms with E-state index in [1.54, 1.807) is 13.0 Å². The highest BCUT2D eigenvalue weighted by Crippen LogP contribution is 2.28. The quantitative estimate of drug-likeness (QED) is 0.591. The van der Waals surface area contributed by atoms with Crippen molar-refractivity contribution in [1.29, 1.82) is 0 Å². The van der Waals surface area contributed by atoms with Crippen molar-refractivity contribution in [3.8, 4) is 0 Å². The maximum absolute atomic E-state index is 11.5. The van der Waals surface area contributed by atoms with E-state index in [0.29, 0.717) is 24.5 Å². The van der Waals surface area contributed by atoms with Crippen LogP contribution in [0.3, 0.4) is 0 Å². The average Bonchev–Trinajstić information content (AvgIpc) is 2.43. The van der Waals surface area contributed by atoms with Gasteiger partial charge in [0, 0.05) is 11.4 Å². The number of carbonyl (C=O) groups is 1. The van der Waals surface area contributed by atoms with Crippen molar-refractivity contribution in [2.45, 2.75) is 39.2 Å². The standard InChI is InChI=1S/C15H21ClO4/c1-3-14(20-10-17)13-7-6-12(16)9-11(13)5-8-15(18)19-4-2/h6-7,9,14,17H,3-5,8,10H2,1-2H3/t14-/m1/s1. The topological polar surface area (TPSA) is 55.8 Å². The first-order chi connectivity index (χ1) is 9.62. The van der Waals surface area contributed by atoms with Gasteiger partial charge in [-0.05, 0) is 43.0 Å². The fraction of sp³-hybridized carbons (Fsp3) is 0.533. The van der Waals surface area contributed by atoms with E-state index in [1.807, 2.05) is 19.1 Å². The Morgan fingerprint density at radius 2 is 2.15 bits per heavy atom. The van der Waals surface area contributed by atoms with Crippen molar-refractivity contribution in [1.82, 2.24) is 0 Å². The molecule has 0 aliphatic carbocycles. The van der Waals surface area contributed by atoms with Gasteiger partial charge in [-0.2, -0.15) is 0 Å². The predicted octanol–water partition coefficient (Wildman–Crippen LogP) is 3.25. The Morgan fingerprint density at radius 1 is 1.40 bits per heavy atom. The zero-order valence-electron chi connectivity index (χ0n) is 11.9. The SMILES string of the molecule is CCOC(=O)CCc1cc(Cl)ccc1[C@@H](CC)OCO. The van der Waals surface area contributed by atoms with Crippen LogP contribution in [0.4, 0.5) is 0 Å². The first-order valence-corrected chi connectivity index (χ1v) is 7.16. The molecule has 0 saturated heterocycles. The van der Waals surface area contributed by atoms with Crippen molar-refractivity contribution >= 4 is 17.6 Å². The molecule has 0 amide bonds. The molecule has 0 fully saturated rings. The molecule has 4 nitrogen and oxygen atoms in total. The number of aliphatic hydroxyl groups is 1. The second kappa shape index (κ2) is 8.95. The minimum absolute atomic E-state index is 0.200. The zero-order chi connectivity index (χ0) is 15.0. The van der Waals surface area contributed by atoms with Crippen molar-refractivity contribution in [2.75, 3.05) is 13.4 Å². The molecule has 0 aliphatic rings. The van der Waals surface area contributed by atoms with Gasteiger partial charge >= 0.3 is 5.97 Å². The molecule has 0 bridgehead atoms. The van der Waals surface area contributed by atoms with Crippen molar-refractivity contribution in [3.63, 3.8) is 0 Å². The summed E-state index contributed by atoms with van der Waals surface area (Å²) in [6.45, 7) is 3.81. The van der Waals surface area contributed by atoms with Crippen LogP contribution in [0.1, 0.15) is 43.9 Å². The smallest absolute Gasteiger partial charge is 0.306 e. The van der Waals surface area contributed by atoms with Gasteiger partial charge in [-0.3, -0.25) is 4.79 Å². The molecular weight excluding hydrogens is 280 g/mol. The molecular formula is C15H21ClO4. The fourth-order valence-electron chi connectivity index (χ4n) is 2.09. The molecule has 1 rings (SSSR count). The van der Waals surface area contributed by atoms with E-state index in [1.165, 1.54) is 0 Å². The highest BCUT2D eigenvalue weighted by Gasteiger charge is 2.15. The van der Waals surface area contributed by atoms with Crippen LogP contribution in [0.25, 0.3) is 0 Å². The van der Waals surface area contributed by atoms with Crippen LogP contribution < -0.4 is 0 Å². The molecule has 5 heteroatoms. The number of halogens is 1. The number of aryl methyl sites for hydroxylation is 1. The molecule has 0 spiro atoms. The van der Waals surface area contributed by atoms with Gasteiger partial charge in [0.15, 0.2) is 0 Å². The number of esters is 1. The maximum atomic E-state index is 11.5. The molecule has 0 heterocycles. The summed E-state index contributed by atoms with van der Waals surface area (Å²) in [6.07, 6.45) is 1.38. The molecule has 0 aliphatic heterocycles. The number of hydrogen-bond donors (Lipinski definition) is 1. The van der Waals surface area contributed by atoms with E-state index in [0.717, 1.165) is 17.5 Å². The van der Waals surface area contributed by atoms with Crippen LogP contribution in [0.15, 0.2) is 18.2 Å². The maximum Gasteiger partial charge on any atom is 0.306 e. The van der Waals surface area contributed by atoms with Crippen LogP contribution in [-0.2, 0) is 20.7 Å². The van der Waals surface area contributed by atoms with Gasteiger partial charge in [0.1, 0.15) is 6.79 Å². The van der Waals surface area contributed by atoms with Crippen molar-refractivity contribution < 1.29 is 19.4 Å². The molecule has 20 heavy (non-hydrogen) atoms. The van der Waals surface area contributed by atoms with Gasteiger partial charge < -0.3 is 14.6 Å². The molecule has 0 aromatic heterocycles. The molecule has 1 aromatic carbocycles. The summed E-state index contributed by atoms with van der Waals surface area (Å²) in [6, 6.07) is 5.50. The highest BCUT2D eigenvalue weighted by atomic mass is 35.5. The lowest BCUT2D eigenvalue weighted by Gasteiger charge is -2.19. The largest absolute Gasteiger partial charge is 0.466 e. The minimum atomic E-state index is -0.335. The normalized spacial score (nSPS) is 12.2. The third kappa shape index (κ3) is 5.12. The molecule has 1 aromatic rings. The fourth-order valence-corrected chi connectivity index (χ4v) is 2.29. The summed E-state index contributed by atoms with van der Waals surface area (Å²) in [5.41, 5.74) is 1.90. The van der Waals surface area contributed by atoms with Crippen LogP contribution >= 0.6 is 11.6 Å². The Hall–Kier alpha value is -1.10. The number of carbonyl (C=O) groups excluding carboxylic acids is 1. The predicted molar refractivity (Wildman–Crippen MR) is 77.6 cm³/mol. The van der Waals surface area contributed by atoms with E-state index < -0.39 is 0 Å². The van der Waals surface area contributed by atoms with E-state index in [4.69, 9.17) is 26.2 Å². The van der Waals surface area contributed by atoms with Gasteiger partial charge in [0.05, 0.1) is 12.7 Å². The second-order valence-corrected chi connectivity index (χ2v) is 4.78. The molecule has 1 N–H and O–H groups in total. The minimum Gasteiger partial charge on any atom is -0.466 e. The number of rotatable bonds is 8. The lowest BCUT2D eigenvalue weighted by molar-refractivity contribution is -0.143. The first-order valence-electron chi connectivity index (χ1n) is 6.78. The van der Waals surface area contributed by atoms with E-state index in [-0.39, 0.29) is 18.9 Å². The Balaban J connectivity index is 2.86. The Bertz CT molecular complexity index is 434. The molecule has 0 unspecified atom stereocenters. The van der Waals surface area contributed by atoms with Gasteiger partial charge in [-0.25, -0.2) is 0 Å². The van der Waals surface area contributed by atoms with Crippen LogP contribution in [0.2, 0.25) is 5.02 Å². The van der Waals surface area contributed by atoms with Crippen LogP contribution in [0.5, 0.6) is 0 Å². The number of ether oxygens (including phenoxy) is 2. The third-order valence-corrected chi connectivity index (χ3v) is 3.24. The number of benzene rings is 1. The lowest BCUT2D eigenvalue weighted by Crippen LogP contribution is -2.10. The van der Waals surface area contributed by atoms with Crippen LogP contribution in [0, 0.1) is 0 Å². The summed E-state index contributed by atoms with van der Waals surface area (Å²) >= 11 is 6.01. The Kier molecular flexibility index (Phi) is 7.59. The first kappa shape index (κ1) is 17.0. The van der Waals surface area contributed by atoms with E-state index >= 15 is 0 Å². The average molecular weight is 301 g/mol. The molecule has 0 saturated carbocycles. The van der Waals surface area contributed by atoms with E-state index in [9.17, 15) is 4.79 Å². The monoisotopic (exact) mass is 300 g/mol. The lowest BCUT2D eigenvalue weighted by atomic mass is 9.97.